The van der Waals surface area contributed by atoms with Crippen molar-refractivity contribution in [2.75, 3.05) is 5.73 Å². The van der Waals surface area contributed by atoms with Crippen LogP contribution in [0, 0.1) is 6.92 Å². The van der Waals surface area contributed by atoms with Gasteiger partial charge >= 0.3 is 6.09 Å². The minimum atomic E-state index is -0.561. The Hall–Kier alpha value is -4.80. The number of pyridine rings is 2. The lowest BCUT2D eigenvalue weighted by atomic mass is 10.1. The van der Waals surface area contributed by atoms with Crippen molar-refractivity contribution in [3.8, 4) is 28.7 Å². The fourth-order valence-electron chi connectivity index (χ4n) is 4.85. The van der Waals surface area contributed by atoms with Crippen LogP contribution in [0.15, 0.2) is 53.2 Å². The summed E-state index contributed by atoms with van der Waals surface area (Å²) >= 11 is 0. The Balaban J connectivity index is 1.45. The van der Waals surface area contributed by atoms with Crippen LogP contribution in [0.25, 0.3) is 39.8 Å². The quantitative estimate of drug-likeness (QED) is 0.334. The van der Waals surface area contributed by atoms with Gasteiger partial charge in [-0.3, -0.25) is 4.57 Å². The van der Waals surface area contributed by atoms with Crippen molar-refractivity contribution in [3.05, 3.63) is 65.6 Å². The number of nitrogen functional groups attached to an aromatic ring is 1. The normalized spacial score (nSPS) is 14.9. The summed E-state index contributed by atoms with van der Waals surface area (Å²) in [6.07, 6.45) is 2.81. The highest BCUT2D eigenvalue weighted by molar-refractivity contribution is 5.84. The summed E-state index contributed by atoms with van der Waals surface area (Å²) in [6, 6.07) is 13.4. The summed E-state index contributed by atoms with van der Waals surface area (Å²) in [5, 5.41) is 6.90. The molecule has 1 atom stereocenters. The number of aryl methyl sites for hydroxylation is 2. The summed E-state index contributed by atoms with van der Waals surface area (Å²) in [6.45, 7) is 7.31. The summed E-state index contributed by atoms with van der Waals surface area (Å²) in [4.78, 5) is 30.8. The number of rotatable bonds is 4. The first-order chi connectivity index (χ1) is 18.7. The van der Waals surface area contributed by atoms with E-state index < -0.39 is 11.7 Å². The van der Waals surface area contributed by atoms with E-state index >= 15 is 0 Å². The van der Waals surface area contributed by atoms with Gasteiger partial charge in [-0.2, -0.15) is 4.98 Å². The Morgan fingerprint density at radius 2 is 2.00 bits per heavy atom. The van der Waals surface area contributed by atoms with Gasteiger partial charge in [-0.05, 0) is 88.1 Å². The predicted octanol–water partition coefficient (Wildman–Crippen LogP) is 4.94. The lowest BCUT2D eigenvalue weighted by Crippen LogP contribution is -2.34. The number of ether oxygens (including phenoxy) is 1. The Morgan fingerprint density at radius 3 is 2.74 bits per heavy atom. The minimum absolute atomic E-state index is 0.123. The van der Waals surface area contributed by atoms with E-state index in [1.807, 2.05) is 55.7 Å². The third-order valence-electron chi connectivity index (χ3n) is 6.48. The number of hydrogen-bond acceptors (Lipinski definition) is 9. The van der Waals surface area contributed by atoms with Crippen LogP contribution in [0.4, 0.5) is 10.6 Å². The molecule has 0 bridgehead atoms. The number of hydrogen-bond donors (Lipinski definition) is 2. The molecule has 0 spiro atoms. The molecule has 39 heavy (non-hydrogen) atoms. The average molecular weight is 525 g/mol. The fourth-order valence-corrected chi connectivity index (χ4v) is 4.85. The number of anilines is 1. The van der Waals surface area contributed by atoms with Crippen LogP contribution in [-0.2, 0) is 11.2 Å². The lowest BCUT2D eigenvalue weighted by molar-refractivity contribution is 0.0503. The SMILES string of the molecule is Cc1noc(-c2ccc3nc(-c4cccnc4N)n(-c4ccc5c(c4)CC[C@@H]5NC(=O)OC(C)(C)C)c3n2)n1. The maximum absolute atomic E-state index is 12.4. The van der Waals surface area contributed by atoms with Crippen LogP contribution < -0.4 is 11.1 Å². The zero-order chi connectivity index (χ0) is 27.3. The molecule has 0 radical (unpaired) electrons. The molecule has 4 heterocycles. The zero-order valence-corrected chi connectivity index (χ0v) is 22.1. The molecule has 6 rings (SSSR count). The van der Waals surface area contributed by atoms with Crippen LogP contribution in [0.3, 0.4) is 0 Å². The second kappa shape index (κ2) is 9.19. The number of carbonyl (C=O) groups is 1. The maximum atomic E-state index is 12.4. The molecule has 1 aliphatic carbocycles. The molecule has 5 aromatic rings. The van der Waals surface area contributed by atoms with E-state index in [0.717, 1.165) is 29.7 Å². The summed E-state index contributed by atoms with van der Waals surface area (Å²) in [5.74, 6) is 1.83. The smallest absolute Gasteiger partial charge is 0.408 e. The predicted molar refractivity (Wildman–Crippen MR) is 145 cm³/mol. The molecule has 0 saturated heterocycles. The number of alkyl carbamates (subject to hydrolysis) is 1. The molecule has 1 amide bonds. The number of amides is 1. The second-order valence-corrected chi connectivity index (χ2v) is 10.5. The third kappa shape index (κ3) is 4.67. The van der Waals surface area contributed by atoms with E-state index in [1.165, 1.54) is 0 Å². The zero-order valence-electron chi connectivity index (χ0n) is 22.1. The number of fused-ring (bicyclic) bond motifs is 2. The first kappa shape index (κ1) is 24.5. The van der Waals surface area contributed by atoms with Crippen molar-refractivity contribution in [3.63, 3.8) is 0 Å². The van der Waals surface area contributed by atoms with Crippen molar-refractivity contribution in [1.29, 1.82) is 0 Å². The summed E-state index contributed by atoms with van der Waals surface area (Å²) in [7, 11) is 0. The van der Waals surface area contributed by atoms with Gasteiger partial charge in [0, 0.05) is 11.9 Å². The average Bonchev–Trinajstić information content (AvgIpc) is 3.59. The van der Waals surface area contributed by atoms with Gasteiger partial charge in [0.1, 0.15) is 22.6 Å². The van der Waals surface area contributed by atoms with Gasteiger partial charge < -0.3 is 20.3 Å². The number of carbonyl (C=O) groups excluding carboxylic acids is 1. The first-order valence-electron chi connectivity index (χ1n) is 12.7. The van der Waals surface area contributed by atoms with Gasteiger partial charge in [0.25, 0.3) is 5.89 Å². The van der Waals surface area contributed by atoms with Crippen LogP contribution in [0.5, 0.6) is 0 Å². The number of nitrogens with zero attached hydrogens (tertiary/aromatic N) is 6. The Labute approximate surface area is 224 Å². The Bertz CT molecular complexity index is 1720. The molecule has 1 aromatic carbocycles. The number of nitrogens with two attached hydrogens (primary N) is 1. The van der Waals surface area contributed by atoms with Crippen LogP contribution in [0.2, 0.25) is 0 Å². The van der Waals surface area contributed by atoms with Crippen molar-refractivity contribution in [2.45, 2.75) is 52.2 Å². The molecule has 4 aromatic heterocycles. The van der Waals surface area contributed by atoms with Gasteiger partial charge in [0.15, 0.2) is 17.3 Å². The van der Waals surface area contributed by atoms with Crippen molar-refractivity contribution >= 4 is 23.1 Å². The first-order valence-corrected chi connectivity index (χ1v) is 12.7. The Kier molecular flexibility index (Phi) is 5.78. The van der Waals surface area contributed by atoms with E-state index in [-0.39, 0.29) is 6.04 Å². The largest absolute Gasteiger partial charge is 0.444 e. The molecule has 0 unspecified atom stereocenters. The van der Waals surface area contributed by atoms with Crippen LogP contribution in [-0.4, -0.2) is 41.4 Å². The van der Waals surface area contributed by atoms with Crippen molar-refractivity contribution in [2.24, 2.45) is 0 Å². The molecule has 3 N–H and O–H groups in total. The minimum Gasteiger partial charge on any atom is -0.444 e. The molecule has 198 valence electrons. The standard InChI is InChI=1S/C28H28N8O3/c1-15-31-26(39-35-15)22-12-11-21-25(33-22)36(24(32-21)19-6-5-13-30-23(19)29)17-8-9-18-16(14-17)7-10-20(18)34-27(37)38-28(2,3)4/h5-6,8-9,11-14,20H,7,10H2,1-4H3,(H2,29,30)(H,34,37)/t20-/m0/s1. The van der Waals surface area contributed by atoms with Gasteiger partial charge in [0.2, 0.25) is 0 Å². The molecule has 11 nitrogen and oxygen atoms in total. The molecular weight excluding hydrogens is 496 g/mol. The van der Waals surface area contributed by atoms with Crippen molar-refractivity contribution in [1.82, 2.24) is 35.0 Å². The number of nitrogens with one attached hydrogen (secondary N) is 1. The van der Waals surface area contributed by atoms with Crippen LogP contribution in [0.1, 0.15) is 50.2 Å². The van der Waals surface area contributed by atoms with Gasteiger partial charge in [-0.1, -0.05) is 11.2 Å². The fraction of sp³-hybridized carbons (Fsp3) is 0.286. The van der Waals surface area contributed by atoms with Gasteiger partial charge in [0.05, 0.1) is 11.6 Å². The maximum Gasteiger partial charge on any atom is 0.408 e. The van der Waals surface area contributed by atoms with E-state index in [2.05, 4.69) is 26.5 Å². The molecule has 11 heteroatoms. The lowest BCUT2D eigenvalue weighted by Gasteiger charge is -2.22. The topological polar surface area (TPSA) is 147 Å². The van der Waals surface area contributed by atoms with E-state index in [1.54, 1.807) is 19.2 Å². The van der Waals surface area contributed by atoms with E-state index in [0.29, 0.717) is 45.8 Å². The summed E-state index contributed by atoms with van der Waals surface area (Å²) in [5.41, 5.74) is 11.3. The molecule has 1 aliphatic rings. The highest BCUT2D eigenvalue weighted by atomic mass is 16.6. The Morgan fingerprint density at radius 1 is 1.15 bits per heavy atom. The van der Waals surface area contributed by atoms with Gasteiger partial charge in [-0.15, -0.1) is 0 Å². The highest BCUT2D eigenvalue weighted by Crippen LogP contribution is 2.36. The second-order valence-electron chi connectivity index (χ2n) is 10.5. The summed E-state index contributed by atoms with van der Waals surface area (Å²) < 4.78 is 12.8. The highest BCUT2D eigenvalue weighted by Gasteiger charge is 2.28. The third-order valence-corrected chi connectivity index (χ3v) is 6.48. The molecule has 0 saturated carbocycles. The van der Waals surface area contributed by atoms with Crippen LogP contribution >= 0.6 is 0 Å². The number of benzene rings is 1. The van der Waals surface area contributed by atoms with E-state index in [4.69, 9.17) is 25.0 Å². The number of imidazole rings is 1. The molecular formula is C28H28N8O3. The van der Waals surface area contributed by atoms with E-state index in [9.17, 15) is 4.79 Å². The molecule has 0 aliphatic heterocycles. The van der Waals surface area contributed by atoms with Crippen molar-refractivity contribution < 1.29 is 14.1 Å². The van der Waals surface area contributed by atoms with Gasteiger partial charge in [-0.25, -0.2) is 19.7 Å². The number of aromatic nitrogens is 6. The monoisotopic (exact) mass is 524 g/mol. The molecule has 0 fully saturated rings.